The molecule has 2 amide bonds. The van der Waals surface area contributed by atoms with Gasteiger partial charge in [-0.05, 0) is 26.7 Å². The van der Waals surface area contributed by atoms with E-state index in [2.05, 4.69) is 0 Å². The lowest BCUT2D eigenvalue weighted by Crippen LogP contribution is -2.53. The molecule has 0 radical (unpaired) electrons. The first-order valence-corrected chi connectivity index (χ1v) is 6.12. The van der Waals surface area contributed by atoms with E-state index in [4.69, 9.17) is 9.84 Å². The van der Waals surface area contributed by atoms with Crippen molar-refractivity contribution in [3.63, 3.8) is 0 Å². The zero-order valence-electron chi connectivity index (χ0n) is 11.2. The summed E-state index contributed by atoms with van der Waals surface area (Å²) in [4.78, 5) is 24.8. The van der Waals surface area contributed by atoms with Gasteiger partial charge in [0.05, 0.1) is 0 Å². The van der Waals surface area contributed by atoms with Crippen LogP contribution in [-0.2, 0) is 14.3 Å². The number of carbonyl (C=O) groups excluding carboxylic acids is 2. The second-order valence-corrected chi connectivity index (χ2v) is 3.74. The lowest BCUT2D eigenvalue weighted by atomic mass is 9.95. The quantitative estimate of drug-likeness (QED) is 0.725. The van der Waals surface area contributed by atoms with Gasteiger partial charge < -0.3 is 9.84 Å². The van der Waals surface area contributed by atoms with Crippen LogP contribution in [0.15, 0.2) is 0 Å². The molecule has 0 aliphatic heterocycles. The van der Waals surface area contributed by atoms with Crippen LogP contribution < -0.4 is 0 Å². The summed E-state index contributed by atoms with van der Waals surface area (Å²) >= 11 is 0. The largest absolute Gasteiger partial charge is 0.387 e. The summed E-state index contributed by atoms with van der Waals surface area (Å²) in [7, 11) is 0. The van der Waals surface area contributed by atoms with Crippen LogP contribution in [0.5, 0.6) is 0 Å². The van der Waals surface area contributed by atoms with Crippen LogP contribution in [0.2, 0.25) is 0 Å². The monoisotopic (exact) mass is 245 g/mol. The van der Waals surface area contributed by atoms with Crippen LogP contribution in [0.3, 0.4) is 0 Å². The second kappa shape index (κ2) is 7.40. The molecule has 0 heterocycles. The van der Waals surface area contributed by atoms with Gasteiger partial charge in [0.1, 0.15) is 12.2 Å². The molecule has 100 valence electrons. The van der Waals surface area contributed by atoms with Crippen molar-refractivity contribution in [2.75, 3.05) is 19.8 Å². The molecule has 0 aliphatic carbocycles. The molecule has 5 nitrogen and oxygen atoms in total. The summed E-state index contributed by atoms with van der Waals surface area (Å²) in [6.45, 7) is 7.23. The number of imide groups is 1. The molecule has 0 aromatic rings. The van der Waals surface area contributed by atoms with E-state index in [1.807, 2.05) is 20.8 Å². The predicted octanol–water partition coefficient (Wildman–Crippen LogP) is 0.949. The molecule has 0 bridgehead atoms. The van der Waals surface area contributed by atoms with Gasteiger partial charge in [-0.3, -0.25) is 14.5 Å². The summed E-state index contributed by atoms with van der Waals surface area (Å²) in [5, 5.41) is 8.84. The molecule has 0 unspecified atom stereocenters. The van der Waals surface area contributed by atoms with E-state index in [0.717, 1.165) is 4.90 Å². The van der Waals surface area contributed by atoms with E-state index < -0.39 is 18.1 Å². The smallest absolute Gasteiger partial charge is 0.261 e. The standard InChI is InChI=1S/C12H23NO4/c1-5-12(6-2,17-8-4)11(16)13(7-3)10(15)9-14/h14H,5-9H2,1-4H3. The Kier molecular flexibility index (Phi) is 6.99. The number of ether oxygens (including phenoxy) is 1. The van der Waals surface area contributed by atoms with Crippen LogP contribution in [0.1, 0.15) is 40.5 Å². The lowest BCUT2D eigenvalue weighted by molar-refractivity contribution is -0.165. The zero-order chi connectivity index (χ0) is 13.5. The molecule has 0 fully saturated rings. The van der Waals surface area contributed by atoms with E-state index in [-0.39, 0.29) is 12.5 Å². The Hall–Kier alpha value is -0.940. The molecule has 0 atom stereocenters. The number of likely N-dealkylation sites (N-methyl/N-ethyl adjacent to an activating group) is 1. The van der Waals surface area contributed by atoms with Gasteiger partial charge in [-0.2, -0.15) is 0 Å². The van der Waals surface area contributed by atoms with Gasteiger partial charge in [0, 0.05) is 13.2 Å². The van der Waals surface area contributed by atoms with E-state index in [1.165, 1.54) is 0 Å². The third kappa shape index (κ3) is 3.51. The number of aliphatic hydroxyl groups excluding tert-OH is 1. The fraction of sp³-hybridized carbons (Fsp3) is 0.833. The van der Waals surface area contributed by atoms with Crippen LogP contribution in [0.25, 0.3) is 0 Å². The topological polar surface area (TPSA) is 66.8 Å². The summed E-state index contributed by atoms with van der Waals surface area (Å²) in [5.41, 5.74) is -0.949. The maximum Gasteiger partial charge on any atom is 0.261 e. The average Bonchev–Trinajstić information content (AvgIpc) is 2.36. The van der Waals surface area contributed by atoms with E-state index in [1.54, 1.807) is 6.92 Å². The van der Waals surface area contributed by atoms with E-state index in [0.29, 0.717) is 19.4 Å². The normalized spacial score (nSPS) is 11.4. The van der Waals surface area contributed by atoms with Crippen molar-refractivity contribution in [3.05, 3.63) is 0 Å². The molecule has 0 aliphatic rings. The lowest BCUT2D eigenvalue weighted by Gasteiger charge is -2.34. The van der Waals surface area contributed by atoms with Crippen molar-refractivity contribution in [2.24, 2.45) is 0 Å². The summed E-state index contributed by atoms with van der Waals surface area (Å²) in [6.07, 6.45) is 1.01. The number of hydrogen-bond acceptors (Lipinski definition) is 4. The molecule has 0 aromatic carbocycles. The van der Waals surface area contributed by atoms with Crippen LogP contribution in [-0.4, -0.2) is 47.2 Å². The fourth-order valence-corrected chi connectivity index (χ4v) is 1.86. The first-order chi connectivity index (χ1) is 8.02. The number of hydrogen-bond donors (Lipinski definition) is 1. The van der Waals surface area contributed by atoms with Gasteiger partial charge in [-0.25, -0.2) is 0 Å². The van der Waals surface area contributed by atoms with Crippen molar-refractivity contribution in [3.8, 4) is 0 Å². The van der Waals surface area contributed by atoms with Gasteiger partial charge in [0.15, 0.2) is 0 Å². The first-order valence-electron chi connectivity index (χ1n) is 6.12. The third-order valence-corrected chi connectivity index (χ3v) is 2.95. The number of aliphatic hydroxyl groups is 1. The SMILES string of the molecule is CCOC(CC)(CC)C(=O)N(CC)C(=O)CO. The molecule has 0 saturated heterocycles. The molecule has 0 aromatic heterocycles. The number of amides is 2. The van der Waals surface area contributed by atoms with E-state index in [9.17, 15) is 9.59 Å². The summed E-state index contributed by atoms with van der Waals surface area (Å²) in [5.74, 6) is -0.936. The highest BCUT2D eigenvalue weighted by Crippen LogP contribution is 2.23. The Morgan fingerprint density at radius 1 is 1.18 bits per heavy atom. The van der Waals surface area contributed by atoms with Gasteiger partial charge in [-0.15, -0.1) is 0 Å². The minimum atomic E-state index is -0.949. The molecular weight excluding hydrogens is 222 g/mol. The summed E-state index contributed by atoms with van der Waals surface area (Å²) in [6, 6.07) is 0. The van der Waals surface area contributed by atoms with Crippen molar-refractivity contribution >= 4 is 11.8 Å². The highest BCUT2D eigenvalue weighted by Gasteiger charge is 2.40. The van der Waals surface area contributed by atoms with Gasteiger partial charge in [0.2, 0.25) is 0 Å². The predicted molar refractivity (Wildman–Crippen MR) is 64.4 cm³/mol. The Labute approximate surface area is 103 Å². The highest BCUT2D eigenvalue weighted by molar-refractivity contribution is 5.99. The van der Waals surface area contributed by atoms with Crippen molar-refractivity contribution < 1.29 is 19.4 Å². The van der Waals surface area contributed by atoms with Gasteiger partial charge in [-0.1, -0.05) is 13.8 Å². The summed E-state index contributed by atoms with van der Waals surface area (Å²) < 4.78 is 5.54. The van der Waals surface area contributed by atoms with Crippen LogP contribution in [0.4, 0.5) is 0 Å². The minimum absolute atomic E-state index is 0.243. The maximum atomic E-state index is 12.3. The highest BCUT2D eigenvalue weighted by atomic mass is 16.5. The maximum absolute atomic E-state index is 12.3. The molecule has 1 N–H and O–H groups in total. The van der Waals surface area contributed by atoms with Crippen molar-refractivity contribution in [1.82, 2.24) is 4.90 Å². The molecular formula is C12H23NO4. The van der Waals surface area contributed by atoms with Crippen molar-refractivity contribution in [2.45, 2.75) is 46.1 Å². The van der Waals surface area contributed by atoms with Crippen LogP contribution in [0, 0.1) is 0 Å². The Bertz CT molecular complexity index is 261. The fourth-order valence-electron chi connectivity index (χ4n) is 1.86. The zero-order valence-corrected chi connectivity index (χ0v) is 11.2. The number of nitrogens with zero attached hydrogens (tertiary/aromatic N) is 1. The van der Waals surface area contributed by atoms with Crippen molar-refractivity contribution in [1.29, 1.82) is 0 Å². The third-order valence-electron chi connectivity index (χ3n) is 2.95. The van der Waals surface area contributed by atoms with Crippen LogP contribution >= 0.6 is 0 Å². The Morgan fingerprint density at radius 3 is 2.00 bits per heavy atom. The number of rotatable bonds is 7. The molecule has 17 heavy (non-hydrogen) atoms. The first kappa shape index (κ1) is 16.1. The Balaban J connectivity index is 5.10. The average molecular weight is 245 g/mol. The molecule has 0 saturated carbocycles. The minimum Gasteiger partial charge on any atom is -0.387 e. The molecule has 0 spiro atoms. The van der Waals surface area contributed by atoms with E-state index >= 15 is 0 Å². The molecule has 0 rings (SSSR count). The molecule has 5 heteroatoms. The second-order valence-electron chi connectivity index (χ2n) is 3.74. The van der Waals surface area contributed by atoms with Gasteiger partial charge in [0.25, 0.3) is 11.8 Å². The Morgan fingerprint density at radius 2 is 1.71 bits per heavy atom. The number of carbonyl (C=O) groups is 2. The van der Waals surface area contributed by atoms with Gasteiger partial charge >= 0.3 is 0 Å².